The Morgan fingerprint density at radius 2 is 0.532 bits per heavy atom. The smallest absolute Gasteiger partial charge is 0.493 e. The van der Waals surface area contributed by atoms with E-state index in [4.69, 9.17) is 61.6 Å². The molecule has 0 bridgehead atoms. The number of benzene rings is 12. The molecule has 0 spiro atoms. The molecule has 1 fully saturated rings. The fourth-order valence-corrected chi connectivity index (χ4v) is 16.8. The van der Waals surface area contributed by atoms with E-state index in [0.29, 0.717) is 112 Å². The van der Waals surface area contributed by atoms with Crippen LogP contribution in [0.2, 0.25) is 0 Å². The number of hydrogen-bond donors (Lipinski definition) is 2. The van der Waals surface area contributed by atoms with Crippen LogP contribution in [-0.4, -0.2) is 91.3 Å². The molecule has 736 valence electrons. The molecule has 33 heteroatoms. The predicted molar refractivity (Wildman–Crippen MR) is 552 cm³/mol. The second-order valence-electron chi connectivity index (χ2n) is 30.3. The molecule has 1 N–H and O–H groups in total. The molecule has 1 aliphatic rings. The SMILES string of the molecule is CCOc1cccc(OC(=O)OC)c1COc1ccc(C)cc1Br.CCc1cccc(OC(=O)OC)c1COc1ccc(C)cc1Br.COC(=O)Oc1cccc(C)c1COc1ccc(C)cc1Br.COC(=O)Oc1cccc(C2CC2)c1COc1ccc(C)cc1Br.COC(=O)Oc1cccc(CO)c1COc1ccc(C)cc1Br.COC(=O)Oc1cccc(CS)c1COc1ccc(C)cc1Br. The maximum absolute atomic E-state index is 11.5. The summed E-state index contributed by atoms with van der Waals surface area (Å²) in [5.41, 5.74) is 16.1. The first kappa shape index (κ1) is 112. The van der Waals surface area contributed by atoms with Gasteiger partial charge < -0.3 is 95.1 Å². The minimum atomic E-state index is -0.821. The van der Waals surface area contributed by atoms with E-state index in [2.05, 4.69) is 143 Å². The van der Waals surface area contributed by atoms with Gasteiger partial charge >= 0.3 is 36.9 Å². The summed E-state index contributed by atoms with van der Waals surface area (Å²) in [5, 5.41) is 9.49. The number of halogens is 6. The molecule has 13 rings (SSSR count). The van der Waals surface area contributed by atoms with Crippen molar-refractivity contribution < 1.29 is 124 Å². The lowest BCUT2D eigenvalue weighted by molar-refractivity contribution is 0.119. The molecule has 0 unspecified atom stereocenters. The Labute approximate surface area is 865 Å². The quantitative estimate of drug-likeness (QED) is 0.0183. The minimum absolute atomic E-state index is 0.144. The summed E-state index contributed by atoms with van der Waals surface area (Å²) in [6.45, 7) is 19.7. The van der Waals surface area contributed by atoms with Crippen molar-refractivity contribution >= 4 is 145 Å². The van der Waals surface area contributed by atoms with E-state index in [-0.39, 0.29) is 26.4 Å². The van der Waals surface area contributed by atoms with E-state index in [9.17, 15) is 33.9 Å². The third kappa shape index (κ3) is 36.0. The molecule has 0 heterocycles. The summed E-state index contributed by atoms with van der Waals surface area (Å²) in [5.74, 6) is 8.37. The number of carbonyl (C=O) groups is 6. The minimum Gasteiger partial charge on any atom is -0.493 e. The summed E-state index contributed by atoms with van der Waals surface area (Å²) in [6, 6.07) is 67.5. The van der Waals surface area contributed by atoms with Crippen LogP contribution in [0.15, 0.2) is 245 Å². The van der Waals surface area contributed by atoms with Gasteiger partial charge in [0.25, 0.3) is 0 Å². The van der Waals surface area contributed by atoms with E-state index in [0.717, 1.165) is 136 Å². The lowest BCUT2D eigenvalue weighted by Gasteiger charge is -2.16. The molecule has 139 heavy (non-hydrogen) atoms. The number of aliphatic hydroxyl groups is 1. The molecule has 0 aliphatic heterocycles. The number of rotatable bonds is 30. The van der Waals surface area contributed by atoms with Crippen molar-refractivity contribution in [1.82, 2.24) is 0 Å². The lowest BCUT2D eigenvalue weighted by atomic mass is 10.0. The number of thiol groups is 1. The summed E-state index contributed by atoms with van der Waals surface area (Å²) in [6.07, 6.45) is -1.46. The van der Waals surface area contributed by atoms with Gasteiger partial charge in [0.2, 0.25) is 0 Å². The zero-order chi connectivity index (χ0) is 101. The number of hydrogen-bond acceptors (Lipinski definition) is 27. The Hall–Kier alpha value is -12.0. The highest BCUT2D eigenvalue weighted by molar-refractivity contribution is 9.11. The van der Waals surface area contributed by atoms with Gasteiger partial charge in [0.1, 0.15) is 114 Å². The van der Waals surface area contributed by atoms with Crippen LogP contribution in [0.5, 0.6) is 74.7 Å². The van der Waals surface area contributed by atoms with Gasteiger partial charge in [-0.25, -0.2) is 28.8 Å². The van der Waals surface area contributed by atoms with Gasteiger partial charge in [-0.05, 0) is 353 Å². The highest BCUT2D eigenvalue weighted by Gasteiger charge is 2.29. The molecule has 0 aromatic heterocycles. The fraction of sp³-hybridized carbons (Fsp3) is 0.264. The van der Waals surface area contributed by atoms with E-state index in [1.165, 1.54) is 48.2 Å². The molecule has 26 nitrogen and oxygen atoms in total. The number of ether oxygens (including phenoxy) is 19. The second kappa shape index (κ2) is 58.2. The van der Waals surface area contributed by atoms with E-state index in [1.54, 1.807) is 66.7 Å². The fourth-order valence-electron chi connectivity index (χ4n) is 12.9. The Kier molecular flexibility index (Phi) is 47.0. The molecule has 1 aliphatic carbocycles. The van der Waals surface area contributed by atoms with Gasteiger partial charge in [0.15, 0.2) is 0 Å². The van der Waals surface area contributed by atoms with E-state index >= 15 is 0 Å². The largest absolute Gasteiger partial charge is 0.513 e. The van der Waals surface area contributed by atoms with Crippen molar-refractivity contribution in [2.45, 2.75) is 139 Å². The molecule has 12 aromatic rings. The standard InChI is InChI=1S/C19H19BrO4.C18H19BrO5.C18H19BrO4.C17H17BrO5.C17H17BrO4S.C17H17BrO4/c1-12-6-9-18(16(20)10-12)23-11-15-14(13-7-8-13)4-3-5-17(15)24-19(21)22-2;1-4-22-15-6-5-7-16(24-18(20)21-3)13(15)11-23-17-9-8-12(2)10-14(17)19;1-4-13-6-5-7-16(23-18(20)21-3)14(13)11-22-17-9-8-12(2)10-15(17)19;1-11-6-7-16(14(18)8-11)22-10-13-12(9-19)4-3-5-15(13)23-17(20)21-2;1-11-6-7-16(14(18)8-11)21-9-13-12(10-23)4-3-5-15(13)22-17(19)20-2;1-11-7-8-16(14(18)9-11)21-10-13-12(2)5-4-6-15(13)22-17(19)20-3/h3-6,9-10,13H,7-8,11H2,1-2H3;5-10H,4,11H2,1-3H3;5-10H,4,11H2,1-3H3;3-8,19H,9-10H2,1-2H3;3-8,23H,9-10H2,1-2H3;4-9H,10H2,1-3H3. The summed E-state index contributed by atoms with van der Waals surface area (Å²) in [4.78, 5) is 68.4. The highest BCUT2D eigenvalue weighted by Crippen LogP contribution is 2.45. The number of carbonyl (C=O) groups excluding carboxylic acids is 6. The molecule has 0 saturated heterocycles. The molecule has 0 amide bonds. The van der Waals surface area contributed by atoms with Crippen LogP contribution in [-0.2, 0) is 86.8 Å². The first-order chi connectivity index (χ1) is 66.8. The number of methoxy groups -OCH3 is 6. The van der Waals surface area contributed by atoms with Gasteiger partial charge in [-0.2, -0.15) is 12.6 Å². The summed E-state index contributed by atoms with van der Waals surface area (Å²) < 4.78 is 105. The molecular weight excluding hydrogens is 2200 g/mol. The van der Waals surface area contributed by atoms with Crippen molar-refractivity contribution in [2.75, 3.05) is 49.3 Å². The highest BCUT2D eigenvalue weighted by atomic mass is 79.9. The average Bonchev–Trinajstić information content (AvgIpc) is 1.67. The van der Waals surface area contributed by atoms with Crippen molar-refractivity contribution in [1.29, 1.82) is 0 Å². The van der Waals surface area contributed by atoms with Gasteiger partial charge in [-0.3, -0.25) is 0 Å². The van der Waals surface area contributed by atoms with Crippen molar-refractivity contribution in [3.05, 3.63) is 340 Å². The van der Waals surface area contributed by atoms with Crippen LogP contribution in [0.3, 0.4) is 0 Å². The zero-order valence-corrected chi connectivity index (χ0v) is 89.6. The van der Waals surface area contributed by atoms with Crippen molar-refractivity contribution in [3.63, 3.8) is 0 Å². The van der Waals surface area contributed by atoms with E-state index < -0.39 is 36.9 Å². The van der Waals surface area contributed by atoms with E-state index in [1.807, 2.05) is 208 Å². The van der Waals surface area contributed by atoms with Crippen LogP contribution in [0, 0.1) is 48.5 Å². The maximum atomic E-state index is 11.5. The Bertz CT molecular complexity index is 5860. The third-order valence-electron chi connectivity index (χ3n) is 20.3. The Balaban J connectivity index is 0.000000205. The van der Waals surface area contributed by atoms with Gasteiger partial charge in [0, 0.05) is 33.6 Å². The van der Waals surface area contributed by atoms with Crippen molar-refractivity contribution in [2.24, 2.45) is 0 Å². The maximum Gasteiger partial charge on any atom is 0.513 e. The lowest BCUT2D eigenvalue weighted by Crippen LogP contribution is -2.11. The Morgan fingerprint density at radius 1 is 0.288 bits per heavy atom. The third-order valence-corrected chi connectivity index (χ3v) is 24.3. The van der Waals surface area contributed by atoms with Crippen LogP contribution >= 0.6 is 108 Å². The van der Waals surface area contributed by atoms with Crippen LogP contribution < -0.4 is 61.6 Å². The Morgan fingerprint density at radius 3 is 0.827 bits per heavy atom. The molecular formula is C106H108Br6O26S. The zero-order valence-electron chi connectivity index (χ0n) is 79.2. The number of aliphatic hydroxyl groups excluding tert-OH is 1. The van der Waals surface area contributed by atoms with Crippen LogP contribution in [0.1, 0.15) is 127 Å². The van der Waals surface area contributed by atoms with Crippen LogP contribution in [0.25, 0.3) is 0 Å². The topological polar surface area (TPSA) is 298 Å². The van der Waals surface area contributed by atoms with Gasteiger partial charge in [-0.15, -0.1) is 0 Å². The first-order valence-corrected chi connectivity index (χ1v) is 48.5. The molecule has 1 saturated carbocycles. The summed E-state index contributed by atoms with van der Waals surface area (Å²) in [7, 11) is 7.62. The van der Waals surface area contributed by atoms with Crippen LogP contribution in [0.4, 0.5) is 28.8 Å². The normalized spacial score (nSPS) is 10.8. The number of aryl methyl sites for hydroxylation is 8. The average molecular weight is 2310 g/mol. The predicted octanol–water partition coefficient (Wildman–Crippen LogP) is 29.0. The molecule has 12 aromatic carbocycles. The van der Waals surface area contributed by atoms with Gasteiger partial charge in [0.05, 0.1) is 88.3 Å². The molecule has 0 radical (unpaired) electrons. The first-order valence-electron chi connectivity index (χ1n) is 43.2. The van der Waals surface area contributed by atoms with Gasteiger partial charge in [-0.1, -0.05) is 110 Å². The van der Waals surface area contributed by atoms with Crippen molar-refractivity contribution in [3.8, 4) is 74.7 Å². The second-order valence-corrected chi connectivity index (χ2v) is 35.8. The summed E-state index contributed by atoms with van der Waals surface area (Å²) >= 11 is 25.2. The monoisotopic (exact) mass is 2300 g/mol. The molecule has 0 atom stereocenters.